The zero-order chi connectivity index (χ0) is 16.4. The summed E-state index contributed by atoms with van der Waals surface area (Å²) in [5, 5.41) is 3.52. The molecule has 5 heteroatoms. The van der Waals surface area contributed by atoms with Gasteiger partial charge in [-0.1, -0.05) is 29.8 Å². The number of ketones is 1. The monoisotopic (exact) mass is 330 g/mol. The van der Waals surface area contributed by atoms with Crippen LogP contribution in [0.5, 0.6) is 0 Å². The van der Waals surface area contributed by atoms with Crippen molar-refractivity contribution in [1.82, 2.24) is 0 Å². The average molecular weight is 331 g/mol. The smallest absolute Gasteiger partial charge is 0.158 e. The number of hydrogen-bond acceptors (Lipinski definition) is 3. The number of anilines is 2. The molecular formula is C18H16ClFN2O. The number of rotatable bonds is 3. The molecule has 3 nitrogen and oxygen atoms in total. The first-order chi connectivity index (χ1) is 11.0. The second kappa shape index (κ2) is 6.42. The highest BCUT2D eigenvalue weighted by Gasteiger charge is 2.26. The van der Waals surface area contributed by atoms with E-state index in [0.29, 0.717) is 28.4 Å². The molecule has 0 saturated heterocycles. The largest absolute Gasteiger partial charge is 0.397 e. The van der Waals surface area contributed by atoms with Gasteiger partial charge in [0.25, 0.3) is 0 Å². The van der Waals surface area contributed by atoms with E-state index in [9.17, 15) is 9.18 Å². The van der Waals surface area contributed by atoms with Crippen LogP contribution in [-0.2, 0) is 4.79 Å². The Morgan fingerprint density at radius 3 is 2.65 bits per heavy atom. The van der Waals surface area contributed by atoms with Crippen molar-refractivity contribution in [2.24, 2.45) is 0 Å². The van der Waals surface area contributed by atoms with Crippen LogP contribution in [-0.4, -0.2) is 5.78 Å². The molecule has 3 rings (SSSR count). The summed E-state index contributed by atoms with van der Waals surface area (Å²) in [7, 11) is 0. The maximum absolute atomic E-state index is 14.1. The minimum absolute atomic E-state index is 0.0578. The van der Waals surface area contributed by atoms with Crippen molar-refractivity contribution in [3.8, 4) is 0 Å². The van der Waals surface area contributed by atoms with Gasteiger partial charge in [0.15, 0.2) is 5.78 Å². The third kappa shape index (κ3) is 3.37. The maximum atomic E-state index is 14.1. The Kier molecular flexibility index (Phi) is 4.35. The molecule has 23 heavy (non-hydrogen) atoms. The van der Waals surface area contributed by atoms with E-state index >= 15 is 0 Å². The number of nitrogens with two attached hydrogens (primary N) is 1. The molecule has 118 valence electrons. The summed E-state index contributed by atoms with van der Waals surface area (Å²) in [6.45, 7) is 0. The summed E-state index contributed by atoms with van der Waals surface area (Å²) >= 11 is 6.13. The normalized spacial score (nSPS) is 17.7. The molecule has 1 aliphatic carbocycles. The Bertz CT molecular complexity index is 768. The molecule has 0 saturated carbocycles. The van der Waals surface area contributed by atoms with Crippen LogP contribution in [0.2, 0.25) is 5.02 Å². The molecule has 0 aromatic heterocycles. The van der Waals surface area contributed by atoms with E-state index in [1.54, 1.807) is 24.3 Å². The molecular weight excluding hydrogens is 315 g/mol. The second-order valence-electron chi connectivity index (χ2n) is 5.59. The molecule has 0 heterocycles. The van der Waals surface area contributed by atoms with E-state index < -0.39 is 0 Å². The molecule has 0 unspecified atom stereocenters. The van der Waals surface area contributed by atoms with Gasteiger partial charge >= 0.3 is 0 Å². The topological polar surface area (TPSA) is 55.1 Å². The quantitative estimate of drug-likeness (QED) is 0.814. The van der Waals surface area contributed by atoms with Gasteiger partial charge in [0, 0.05) is 34.7 Å². The van der Waals surface area contributed by atoms with E-state index in [0.717, 1.165) is 5.69 Å². The van der Waals surface area contributed by atoms with E-state index in [2.05, 4.69) is 5.32 Å². The Morgan fingerprint density at radius 2 is 1.91 bits per heavy atom. The van der Waals surface area contributed by atoms with Crippen molar-refractivity contribution in [3.05, 3.63) is 70.6 Å². The predicted octanol–water partition coefficient (Wildman–Crippen LogP) is 4.50. The number of nitrogens with one attached hydrogen (secondary N) is 1. The Labute approximate surface area is 139 Å². The number of carbonyl (C=O) groups excluding carboxylic acids is 1. The van der Waals surface area contributed by atoms with Gasteiger partial charge in [-0.25, -0.2) is 4.39 Å². The van der Waals surface area contributed by atoms with Crippen LogP contribution in [0.15, 0.2) is 54.2 Å². The first kappa shape index (κ1) is 15.6. The second-order valence-corrected chi connectivity index (χ2v) is 6.00. The van der Waals surface area contributed by atoms with Gasteiger partial charge in [-0.2, -0.15) is 0 Å². The zero-order valence-corrected chi connectivity index (χ0v) is 13.1. The molecule has 2 aromatic carbocycles. The standard InChI is InChI=1S/C18H16ClFN2O/c19-14-4-3-5-15(20)18(14)11-8-12(10-13(23)9-11)22-17-7-2-1-6-16(17)21/h1-7,10-11,22H,8-9,21H2/t11-/m0/s1. The van der Waals surface area contributed by atoms with Crippen LogP contribution in [0.4, 0.5) is 15.8 Å². The number of nitrogen functional groups attached to an aromatic ring is 1. The predicted molar refractivity (Wildman–Crippen MR) is 91.0 cm³/mol. The van der Waals surface area contributed by atoms with Gasteiger partial charge in [-0.3, -0.25) is 4.79 Å². The SMILES string of the molecule is Nc1ccccc1NC1=CC(=O)C[C@@H](c2c(F)cccc2Cl)C1. The summed E-state index contributed by atoms with van der Waals surface area (Å²) in [4.78, 5) is 12.0. The van der Waals surface area contributed by atoms with E-state index in [-0.39, 0.29) is 23.9 Å². The number of carbonyl (C=O) groups is 1. The summed E-state index contributed by atoms with van der Waals surface area (Å²) < 4.78 is 14.1. The first-order valence-electron chi connectivity index (χ1n) is 7.33. The lowest BCUT2D eigenvalue weighted by Gasteiger charge is -2.25. The lowest BCUT2D eigenvalue weighted by molar-refractivity contribution is -0.115. The van der Waals surface area contributed by atoms with Crippen LogP contribution >= 0.6 is 11.6 Å². The van der Waals surface area contributed by atoms with Crippen LogP contribution in [0.1, 0.15) is 24.3 Å². The van der Waals surface area contributed by atoms with E-state index in [4.69, 9.17) is 17.3 Å². The molecule has 0 bridgehead atoms. The van der Waals surface area contributed by atoms with Crippen LogP contribution in [0.25, 0.3) is 0 Å². The number of benzene rings is 2. The van der Waals surface area contributed by atoms with Gasteiger partial charge in [-0.15, -0.1) is 0 Å². The van der Waals surface area contributed by atoms with Gasteiger partial charge in [0.1, 0.15) is 5.82 Å². The van der Waals surface area contributed by atoms with Gasteiger partial charge in [-0.05, 0) is 30.7 Å². The highest BCUT2D eigenvalue weighted by atomic mass is 35.5. The maximum Gasteiger partial charge on any atom is 0.158 e. The molecule has 0 fully saturated rings. The average Bonchev–Trinajstić information content (AvgIpc) is 2.49. The Morgan fingerprint density at radius 1 is 1.13 bits per heavy atom. The van der Waals surface area contributed by atoms with Crippen molar-refractivity contribution in [2.75, 3.05) is 11.1 Å². The third-order valence-electron chi connectivity index (χ3n) is 3.91. The third-order valence-corrected chi connectivity index (χ3v) is 4.24. The Hall–Kier alpha value is -2.33. The zero-order valence-electron chi connectivity index (χ0n) is 12.4. The van der Waals surface area contributed by atoms with Crippen molar-refractivity contribution >= 4 is 28.8 Å². The minimum Gasteiger partial charge on any atom is -0.397 e. The first-order valence-corrected chi connectivity index (χ1v) is 7.71. The highest BCUT2D eigenvalue weighted by Crippen LogP contribution is 2.37. The van der Waals surface area contributed by atoms with Crippen molar-refractivity contribution in [2.45, 2.75) is 18.8 Å². The summed E-state index contributed by atoms with van der Waals surface area (Å²) in [5.41, 5.74) is 8.34. The summed E-state index contributed by atoms with van der Waals surface area (Å²) in [6.07, 6.45) is 2.30. The summed E-state index contributed by atoms with van der Waals surface area (Å²) in [6, 6.07) is 11.9. The van der Waals surface area contributed by atoms with Crippen LogP contribution in [0, 0.1) is 5.82 Å². The Balaban J connectivity index is 1.87. The highest BCUT2D eigenvalue weighted by molar-refractivity contribution is 6.31. The van der Waals surface area contributed by atoms with Crippen molar-refractivity contribution in [3.63, 3.8) is 0 Å². The van der Waals surface area contributed by atoms with Crippen molar-refractivity contribution < 1.29 is 9.18 Å². The molecule has 0 spiro atoms. The minimum atomic E-state index is -0.379. The molecule has 1 aliphatic rings. The molecule has 0 amide bonds. The van der Waals surface area contributed by atoms with Crippen molar-refractivity contribution in [1.29, 1.82) is 0 Å². The van der Waals surface area contributed by atoms with Gasteiger partial charge < -0.3 is 11.1 Å². The van der Waals surface area contributed by atoms with Crippen LogP contribution < -0.4 is 11.1 Å². The molecule has 0 aliphatic heterocycles. The van der Waals surface area contributed by atoms with Crippen LogP contribution in [0.3, 0.4) is 0 Å². The molecule has 0 radical (unpaired) electrons. The number of allylic oxidation sites excluding steroid dienone is 2. The lowest BCUT2D eigenvalue weighted by Crippen LogP contribution is -2.18. The lowest BCUT2D eigenvalue weighted by atomic mass is 9.85. The fourth-order valence-electron chi connectivity index (χ4n) is 2.87. The molecule has 2 aromatic rings. The molecule has 1 atom stereocenters. The molecule has 3 N–H and O–H groups in total. The number of halogens is 2. The van der Waals surface area contributed by atoms with E-state index in [1.165, 1.54) is 6.07 Å². The fraction of sp³-hybridized carbons (Fsp3) is 0.167. The number of hydrogen-bond donors (Lipinski definition) is 2. The summed E-state index contributed by atoms with van der Waals surface area (Å²) in [5.74, 6) is -0.720. The van der Waals surface area contributed by atoms with Gasteiger partial charge in [0.05, 0.1) is 11.4 Å². The van der Waals surface area contributed by atoms with Gasteiger partial charge in [0.2, 0.25) is 0 Å². The van der Waals surface area contributed by atoms with E-state index in [1.807, 2.05) is 18.2 Å². The fourth-order valence-corrected chi connectivity index (χ4v) is 3.19. The number of para-hydroxylation sites is 2.